The Bertz CT molecular complexity index is 723. The van der Waals surface area contributed by atoms with Crippen LogP contribution in [0.2, 0.25) is 0 Å². The number of hydrogen-bond acceptors (Lipinski definition) is 5. The van der Waals surface area contributed by atoms with E-state index >= 15 is 0 Å². The Kier molecular flexibility index (Phi) is 6.07. The van der Waals surface area contributed by atoms with E-state index in [0.29, 0.717) is 25.3 Å². The topological polar surface area (TPSA) is 60.9 Å². The van der Waals surface area contributed by atoms with Gasteiger partial charge in [0.1, 0.15) is 18.1 Å². The van der Waals surface area contributed by atoms with Crippen LogP contribution in [0.4, 0.5) is 0 Å². The number of rotatable bonds is 7. The maximum Gasteiger partial charge on any atom is 0.227 e. The van der Waals surface area contributed by atoms with Gasteiger partial charge >= 0.3 is 0 Å². The summed E-state index contributed by atoms with van der Waals surface area (Å²) in [6, 6.07) is 11.3. The van der Waals surface area contributed by atoms with Gasteiger partial charge in [0.25, 0.3) is 0 Å². The molecular weight excluding hydrogens is 332 g/mol. The predicted octanol–water partition coefficient (Wildman–Crippen LogP) is 2.33. The van der Waals surface area contributed by atoms with E-state index in [-0.39, 0.29) is 18.1 Å². The normalized spacial score (nSPS) is 19.4. The van der Waals surface area contributed by atoms with Gasteiger partial charge in [0.2, 0.25) is 5.91 Å². The van der Waals surface area contributed by atoms with Gasteiger partial charge in [0, 0.05) is 25.4 Å². The molecule has 2 aromatic rings. The van der Waals surface area contributed by atoms with E-state index in [4.69, 9.17) is 14.2 Å². The summed E-state index contributed by atoms with van der Waals surface area (Å²) in [4.78, 5) is 18.8. The summed E-state index contributed by atoms with van der Waals surface area (Å²) in [6.07, 6.45) is 4.45. The molecule has 1 saturated heterocycles. The van der Waals surface area contributed by atoms with Crippen molar-refractivity contribution < 1.29 is 19.0 Å². The minimum Gasteiger partial charge on any atom is -0.496 e. The molecule has 0 bridgehead atoms. The van der Waals surface area contributed by atoms with Crippen LogP contribution in [-0.2, 0) is 16.0 Å². The summed E-state index contributed by atoms with van der Waals surface area (Å²) in [5, 5.41) is 0. The first-order valence-corrected chi connectivity index (χ1v) is 8.68. The Morgan fingerprint density at radius 1 is 1.23 bits per heavy atom. The predicted molar refractivity (Wildman–Crippen MR) is 97.3 cm³/mol. The van der Waals surface area contributed by atoms with Gasteiger partial charge in [-0.05, 0) is 24.6 Å². The fourth-order valence-electron chi connectivity index (χ4n) is 3.25. The van der Waals surface area contributed by atoms with Crippen molar-refractivity contribution in [1.29, 1.82) is 0 Å². The molecule has 0 spiro atoms. The van der Waals surface area contributed by atoms with Crippen LogP contribution in [0.3, 0.4) is 0 Å². The smallest absolute Gasteiger partial charge is 0.227 e. The van der Waals surface area contributed by atoms with Crippen LogP contribution in [0, 0.1) is 0 Å². The van der Waals surface area contributed by atoms with Crippen molar-refractivity contribution in [3.05, 3.63) is 54.4 Å². The average Bonchev–Trinajstić information content (AvgIpc) is 3.11. The van der Waals surface area contributed by atoms with Gasteiger partial charge in [-0.3, -0.25) is 9.78 Å². The van der Waals surface area contributed by atoms with E-state index in [1.807, 2.05) is 41.3 Å². The number of methoxy groups -OCH3 is 2. The van der Waals surface area contributed by atoms with Gasteiger partial charge < -0.3 is 19.1 Å². The molecule has 0 unspecified atom stereocenters. The van der Waals surface area contributed by atoms with Crippen molar-refractivity contribution in [3.63, 3.8) is 0 Å². The van der Waals surface area contributed by atoms with Crippen molar-refractivity contribution in [1.82, 2.24) is 9.88 Å². The van der Waals surface area contributed by atoms with Crippen molar-refractivity contribution in [2.24, 2.45) is 0 Å². The molecule has 6 heteroatoms. The molecule has 2 atom stereocenters. The second kappa shape index (κ2) is 8.67. The van der Waals surface area contributed by atoms with Gasteiger partial charge in [-0.1, -0.05) is 18.2 Å². The molecule has 0 aliphatic carbocycles. The highest BCUT2D eigenvalue weighted by Gasteiger charge is 2.35. The van der Waals surface area contributed by atoms with Gasteiger partial charge in [-0.25, -0.2) is 0 Å². The maximum atomic E-state index is 12.9. The zero-order valence-electron chi connectivity index (χ0n) is 15.1. The van der Waals surface area contributed by atoms with Gasteiger partial charge in [-0.2, -0.15) is 0 Å². The molecule has 1 aliphatic rings. The molecule has 1 aliphatic heterocycles. The number of aromatic nitrogens is 1. The number of benzene rings is 1. The Hall–Kier alpha value is -2.60. The van der Waals surface area contributed by atoms with Gasteiger partial charge in [0.05, 0.1) is 31.9 Å². The fraction of sp³-hybridized carbons (Fsp3) is 0.400. The molecule has 6 nitrogen and oxygen atoms in total. The molecule has 3 rings (SSSR count). The molecule has 1 fully saturated rings. The molecule has 0 radical (unpaired) electrons. The van der Waals surface area contributed by atoms with Crippen molar-refractivity contribution >= 4 is 5.91 Å². The van der Waals surface area contributed by atoms with Crippen LogP contribution in [0.15, 0.2) is 48.8 Å². The Morgan fingerprint density at radius 2 is 2.08 bits per heavy atom. The molecule has 1 aromatic heterocycles. The number of likely N-dealkylation sites (tertiary alicyclic amines) is 1. The van der Waals surface area contributed by atoms with E-state index in [0.717, 1.165) is 17.7 Å². The summed E-state index contributed by atoms with van der Waals surface area (Å²) in [5.41, 5.74) is 0.882. The lowest BCUT2D eigenvalue weighted by molar-refractivity contribution is -0.132. The van der Waals surface area contributed by atoms with Crippen LogP contribution in [0.1, 0.15) is 12.0 Å². The number of carbonyl (C=O) groups is 1. The third kappa shape index (κ3) is 4.32. The van der Waals surface area contributed by atoms with E-state index in [1.54, 1.807) is 26.6 Å². The first-order valence-electron chi connectivity index (χ1n) is 8.68. The molecule has 0 saturated carbocycles. The first kappa shape index (κ1) is 18.2. The average molecular weight is 356 g/mol. The van der Waals surface area contributed by atoms with Crippen molar-refractivity contribution in [2.45, 2.75) is 25.0 Å². The van der Waals surface area contributed by atoms with Crippen LogP contribution in [0.25, 0.3) is 0 Å². The first-order chi connectivity index (χ1) is 12.7. The Morgan fingerprint density at radius 3 is 2.81 bits per heavy atom. The number of carbonyl (C=O) groups excluding carboxylic acids is 1. The third-order valence-electron chi connectivity index (χ3n) is 4.64. The molecule has 138 valence electrons. The molecule has 1 amide bonds. The lowest BCUT2D eigenvalue weighted by Crippen LogP contribution is -2.40. The van der Waals surface area contributed by atoms with Crippen molar-refractivity contribution in [3.8, 4) is 11.5 Å². The quantitative estimate of drug-likeness (QED) is 0.762. The number of nitrogens with zero attached hydrogens (tertiary/aromatic N) is 2. The highest BCUT2D eigenvalue weighted by atomic mass is 16.5. The van der Waals surface area contributed by atoms with Gasteiger partial charge in [-0.15, -0.1) is 0 Å². The van der Waals surface area contributed by atoms with E-state index < -0.39 is 0 Å². The summed E-state index contributed by atoms with van der Waals surface area (Å²) in [5.74, 6) is 1.48. The minimum absolute atomic E-state index is 0.0256. The van der Waals surface area contributed by atoms with Crippen LogP contribution in [-0.4, -0.2) is 55.3 Å². The monoisotopic (exact) mass is 356 g/mol. The number of ether oxygens (including phenoxy) is 3. The molecular formula is C20H24N2O4. The highest BCUT2D eigenvalue weighted by Crippen LogP contribution is 2.24. The van der Waals surface area contributed by atoms with E-state index in [2.05, 4.69) is 4.98 Å². The minimum atomic E-state index is -0.0256. The van der Waals surface area contributed by atoms with E-state index in [9.17, 15) is 4.79 Å². The summed E-state index contributed by atoms with van der Waals surface area (Å²) in [7, 11) is 3.29. The summed E-state index contributed by atoms with van der Waals surface area (Å²) in [6.45, 7) is 0.995. The Balaban J connectivity index is 1.67. The Labute approximate surface area is 153 Å². The van der Waals surface area contributed by atoms with Crippen molar-refractivity contribution in [2.75, 3.05) is 27.4 Å². The fourth-order valence-corrected chi connectivity index (χ4v) is 3.25. The molecule has 1 aromatic carbocycles. The SMILES string of the molecule is COc1ccccc1CC(=O)N1C[C@H](OC)C[C@H]1COc1cccnc1. The summed E-state index contributed by atoms with van der Waals surface area (Å²) >= 11 is 0. The molecule has 0 N–H and O–H groups in total. The lowest BCUT2D eigenvalue weighted by atomic mass is 10.1. The summed E-state index contributed by atoms with van der Waals surface area (Å²) < 4.78 is 16.7. The van der Waals surface area contributed by atoms with E-state index in [1.165, 1.54) is 0 Å². The second-order valence-electron chi connectivity index (χ2n) is 6.28. The number of amides is 1. The molecule has 2 heterocycles. The zero-order chi connectivity index (χ0) is 18.4. The van der Waals surface area contributed by atoms with Crippen LogP contribution >= 0.6 is 0 Å². The number of pyridine rings is 1. The van der Waals surface area contributed by atoms with Gasteiger partial charge in [0.15, 0.2) is 0 Å². The van der Waals surface area contributed by atoms with Crippen LogP contribution < -0.4 is 9.47 Å². The number of hydrogen-bond donors (Lipinski definition) is 0. The largest absolute Gasteiger partial charge is 0.496 e. The maximum absolute atomic E-state index is 12.9. The standard InChI is InChI=1S/C20H24N2O4/c1-24-18-11-16(14-26-17-7-5-9-21-12-17)22(13-18)20(23)10-15-6-3-4-8-19(15)25-2/h3-9,12,16,18H,10-11,13-14H2,1-2H3/t16-,18+/m0/s1. The van der Waals surface area contributed by atoms with Crippen LogP contribution in [0.5, 0.6) is 11.5 Å². The number of para-hydroxylation sites is 1. The lowest BCUT2D eigenvalue weighted by Gasteiger charge is -2.25. The third-order valence-corrected chi connectivity index (χ3v) is 4.64. The zero-order valence-corrected chi connectivity index (χ0v) is 15.1. The second-order valence-corrected chi connectivity index (χ2v) is 6.28. The molecule has 26 heavy (non-hydrogen) atoms. The highest BCUT2D eigenvalue weighted by molar-refractivity contribution is 5.80.